The molecular formula is C14H14F2N2O. The summed E-state index contributed by atoms with van der Waals surface area (Å²) >= 11 is 0. The zero-order valence-electron chi connectivity index (χ0n) is 10.4. The maximum Gasteiger partial charge on any atom is 0.227 e. The van der Waals surface area contributed by atoms with Gasteiger partial charge in [0.15, 0.2) is 0 Å². The lowest BCUT2D eigenvalue weighted by atomic mass is 9.99. The van der Waals surface area contributed by atoms with Gasteiger partial charge in [-0.1, -0.05) is 6.07 Å². The largest absolute Gasteiger partial charge is 0.341 e. The van der Waals surface area contributed by atoms with Crippen LogP contribution in [-0.4, -0.2) is 23.9 Å². The summed E-state index contributed by atoms with van der Waals surface area (Å²) in [5, 5.41) is 8.86. The van der Waals surface area contributed by atoms with Crippen LogP contribution in [0.1, 0.15) is 18.4 Å². The highest BCUT2D eigenvalue weighted by Gasteiger charge is 2.24. The van der Waals surface area contributed by atoms with Gasteiger partial charge in [0.05, 0.1) is 18.4 Å². The average molecular weight is 264 g/mol. The summed E-state index contributed by atoms with van der Waals surface area (Å²) in [7, 11) is 0. The number of rotatable bonds is 2. The third-order valence-electron chi connectivity index (χ3n) is 3.35. The summed E-state index contributed by atoms with van der Waals surface area (Å²) in [6, 6.07) is 5.68. The monoisotopic (exact) mass is 264 g/mol. The van der Waals surface area contributed by atoms with E-state index >= 15 is 0 Å². The van der Waals surface area contributed by atoms with Gasteiger partial charge in [0, 0.05) is 18.7 Å². The third kappa shape index (κ3) is 3.08. The molecule has 19 heavy (non-hydrogen) atoms. The minimum absolute atomic E-state index is 0.178. The second-order valence-electron chi connectivity index (χ2n) is 4.68. The zero-order valence-corrected chi connectivity index (χ0v) is 10.4. The van der Waals surface area contributed by atoms with Crippen LogP contribution in [0.2, 0.25) is 0 Å². The second kappa shape index (κ2) is 5.79. The van der Waals surface area contributed by atoms with Crippen molar-refractivity contribution in [1.29, 1.82) is 5.26 Å². The molecule has 1 aliphatic heterocycles. The van der Waals surface area contributed by atoms with E-state index < -0.39 is 11.6 Å². The van der Waals surface area contributed by atoms with Crippen LogP contribution in [0.3, 0.4) is 0 Å². The Balaban J connectivity index is 2.07. The molecular weight excluding hydrogens is 250 g/mol. The third-order valence-corrected chi connectivity index (χ3v) is 3.35. The fourth-order valence-corrected chi connectivity index (χ4v) is 2.27. The van der Waals surface area contributed by atoms with Crippen molar-refractivity contribution in [2.45, 2.75) is 19.3 Å². The first-order valence-electron chi connectivity index (χ1n) is 6.22. The molecule has 1 amide bonds. The Bertz CT molecular complexity index is 504. The average Bonchev–Trinajstić information content (AvgIpc) is 2.43. The van der Waals surface area contributed by atoms with Crippen LogP contribution in [0, 0.1) is 28.9 Å². The second-order valence-corrected chi connectivity index (χ2v) is 4.68. The predicted octanol–water partition coefficient (Wildman–Crippen LogP) is 2.27. The lowest BCUT2D eigenvalue weighted by molar-refractivity contribution is -0.131. The topological polar surface area (TPSA) is 44.1 Å². The highest BCUT2D eigenvalue weighted by atomic mass is 19.1. The van der Waals surface area contributed by atoms with Gasteiger partial charge in [-0.05, 0) is 25.0 Å². The number of carbonyl (C=O) groups is 1. The summed E-state index contributed by atoms with van der Waals surface area (Å²) in [6.45, 7) is 0.901. The molecule has 0 N–H and O–H groups in total. The summed E-state index contributed by atoms with van der Waals surface area (Å²) in [5.74, 6) is -1.92. The van der Waals surface area contributed by atoms with Gasteiger partial charge in [-0.3, -0.25) is 4.79 Å². The van der Waals surface area contributed by atoms with E-state index in [0.29, 0.717) is 13.1 Å². The van der Waals surface area contributed by atoms with Crippen molar-refractivity contribution < 1.29 is 13.6 Å². The van der Waals surface area contributed by atoms with Crippen molar-refractivity contribution >= 4 is 5.91 Å². The van der Waals surface area contributed by atoms with Gasteiger partial charge in [-0.2, -0.15) is 5.26 Å². The standard InChI is InChI=1S/C14H14F2N2O/c15-12-4-1-5-13(16)11(12)7-14(19)18-6-2-3-10(8-17)9-18/h1,4-5,10H,2-3,6-7,9H2. The Morgan fingerprint density at radius 3 is 2.74 bits per heavy atom. The molecule has 1 fully saturated rings. The molecule has 1 atom stereocenters. The minimum Gasteiger partial charge on any atom is -0.341 e. The Morgan fingerprint density at radius 1 is 1.42 bits per heavy atom. The smallest absolute Gasteiger partial charge is 0.227 e. The van der Waals surface area contributed by atoms with E-state index in [4.69, 9.17) is 5.26 Å². The highest BCUT2D eigenvalue weighted by molar-refractivity contribution is 5.79. The summed E-state index contributed by atoms with van der Waals surface area (Å²) in [5.41, 5.74) is -0.202. The van der Waals surface area contributed by atoms with Crippen LogP contribution in [0.15, 0.2) is 18.2 Å². The van der Waals surface area contributed by atoms with Gasteiger partial charge in [-0.15, -0.1) is 0 Å². The number of carbonyl (C=O) groups excluding carboxylic acids is 1. The molecule has 0 bridgehead atoms. The molecule has 0 aliphatic carbocycles. The van der Waals surface area contributed by atoms with E-state index in [1.807, 2.05) is 0 Å². The zero-order chi connectivity index (χ0) is 13.8. The van der Waals surface area contributed by atoms with Gasteiger partial charge in [0.2, 0.25) is 5.91 Å². The van der Waals surface area contributed by atoms with Gasteiger partial charge in [-0.25, -0.2) is 8.78 Å². The molecule has 0 radical (unpaired) electrons. The number of piperidine rings is 1. The fraction of sp³-hybridized carbons (Fsp3) is 0.429. The predicted molar refractivity (Wildman–Crippen MR) is 65.0 cm³/mol. The van der Waals surface area contributed by atoms with E-state index in [9.17, 15) is 13.6 Å². The number of likely N-dealkylation sites (tertiary alicyclic amines) is 1. The van der Waals surface area contributed by atoms with Crippen LogP contribution in [0.25, 0.3) is 0 Å². The number of hydrogen-bond acceptors (Lipinski definition) is 2. The van der Waals surface area contributed by atoms with Crippen molar-refractivity contribution in [2.24, 2.45) is 5.92 Å². The molecule has 1 saturated heterocycles. The van der Waals surface area contributed by atoms with Crippen molar-refractivity contribution in [3.8, 4) is 6.07 Å². The number of nitrogens with zero attached hydrogens (tertiary/aromatic N) is 2. The van der Waals surface area contributed by atoms with E-state index in [1.54, 1.807) is 0 Å². The van der Waals surface area contributed by atoms with Crippen molar-refractivity contribution in [3.05, 3.63) is 35.4 Å². The molecule has 0 spiro atoms. The first-order chi connectivity index (χ1) is 9.11. The van der Waals surface area contributed by atoms with E-state index in [0.717, 1.165) is 25.0 Å². The molecule has 0 saturated carbocycles. The molecule has 100 valence electrons. The SMILES string of the molecule is N#CC1CCCN(C(=O)Cc2c(F)cccc2F)C1. The van der Waals surface area contributed by atoms with Crippen LogP contribution in [0.5, 0.6) is 0 Å². The molecule has 1 heterocycles. The molecule has 1 unspecified atom stereocenters. The van der Waals surface area contributed by atoms with Gasteiger partial charge < -0.3 is 4.90 Å². The molecule has 3 nitrogen and oxygen atoms in total. The van der Waals surface area contributed by atoms with E-state index in [-0.39, 0.29) is 23.8 Å². The highest BCUT2D eigenvalue weighted by Crippen LogP contribution is 2.18. The van der Waals surface area contributed by atoms with Crippen LogP contribution in [-0.2, 0) is 11.2 Å². The number of hydrogen-bond donors (Lipinski definition) is 0. The van der Waals surface area contributed by atoms with Crippen LogP contribution in [0.4, 0.5) is 8.78 Å². The molecule has 1 aliphatic rings. The van der Waals surface area contributed by atoms with E-state index in [1.165, 1.54) is 11.0 Å². The van der Waals surface area contributed by atoms with Crippen molar-refractivity contribution in [3.63, 3.8) is 0 Å². The van der Waals surface area contributed by atoms with Gasteiger partial charge in [0.25, 0.3) is 0 Å². The molecule has 0 aromatic heterocycles. The Labute approximate surface area is 110 Å². The number of halogens is 2. The number of nitriles is 1. The van der Waals surface area contributed by atoms with Crippen LogP contribution >= 0.6 is 0 Å². The number of amides is 1. The quantitative estimate of drug-likeness (QED) is 0.822. The number of benzene rings is 1. The van der Waals surface area contributed by atoms with Crippen LogP contribution < -0.4 is 0 Å². The summed E-state index contributed by atoms with van der Waals surface area (Å²) in [6.07, 6.45) is 1.23. The lowest BCUT2D eigenvalue weighted by Gasteiger charge is -2.29. The summed E-state index contributed by atoms with van der Waals surface area (Å²) in [4.78, 5) is 13.5. The van der Waals surface area contributed by atoms with Gasteiger partial charge >= 0.3 is 0 Å². The Morgan fingerprint density at radius 2 is 2.11 bits per heavy atom. The fourth-order valence-electron chi connectivity index (χ4n) is 2.27. The van der Waals surface area contributed by atoms with E-state index in [2.05, 4.69) is 6.07 Å². The van der Waals surface area contributed by atoms with Crippen molar-refractivity contribution in [2.75, 3.05) is 13.1 Å². The maximum atomic E-state index is 13.5. The maximum absolute atomic E-state index is 13.5. The molecule has 1 aromatic rings. The Hall–Kier alpha value is -1.96. The minimum atomic E-state index is -0.706. The normalized spacial score (nSPS) is 19.0. The lowest BCUT2D eigenvalue weighted by Crippen LogP contribution is -2.40. The first-order valence-corrected chi connectivity index (χ1v) is 6.22. The molecule has 1 aromatic carbocycles. The first kappa shape index (κ1) is 13.5. The van der Waals surface area contributed by atoms with Gasteiger partial charge in [0.1, 0.15) is 11.6 Å². The molecule has 5 heteroatoms. The van der Waals surface area contributed by atoms with Crippen molar-refractivity contribution in [1.82, 2.24) is 4.90 Å². The molecule has 2 rings (SSSR count). The Kier molecular flexibility index (Phi) is 4.10. The summed E-state index contributed by atoms with van der Waals surface area (Å²) < 4.78 is 26.9.